The zero-order valence-corrected chi connectivity index (χ0v) is 12.8. The van der Waals surface area contributed by atoms with Crippen LogP contribution in [0.2, 0.25) is 0 Å². The van der Waals surface area contributed by atoms with E-state index in [1.54, 1.807) is 0 Å². The van der Waals surface area contributed by atoms with Crippen LogP contribution in [0.3, 0.4) is 0 Å². The normalized spacial score (nSPS) is 17.5. The van der Waals surface area contributed by atoms with Crippen LogP contribution in [0.5, 0.6) is 0 Å². The summed E-state index contributed by atoms with van der Waals surface area (Å²) in [6, 6.07) is 0. The van der Waals surface area contributed by atoms with Crippen LogP contribution in [0.15, 0.2) is 0 Å². The first kappa shape index (κ1) is 14.3. The lowest BCUT2D eigenvalue weighted by molar-refractivity contribution is 0.0969. The predicted molar refractivity (Wildman–Crippen MR) is 84.1 cm³/mol. The number of nitrogens with zero attached hydrogens (tertiary/aromatic N) is 3. The zero-order valence-electron chi connectivity index (χ0n) is 12.8. The topological polar surface area (TPSA) is 58.1 Å². The molecule has 114 valence electrons. The molecule has 1 saturated heterocycles. The number of nitrogens with one attached hydrogen (secondary N) is 1. The van der Waals surface area contributed by atoms with Gasteiger partial charge in [-0.15, -0.1) is 0 Å². The van der Waals surface area contributed by atoms with Crippen LogP contribution >= 0.6 is 0 Å². The van der Waals surface area contributed by atoms with E-state index in [-0.39, 0.29) is 5.78 Å². The maximum atomic E-state index is 12.3. The van der Waals surface area contributed by atoms with Crippen LogP contribution in [0.25, 0.3) is 0 Å². The molecule has 3 heterocycles. The first-order valence-corrected chi connectivity index (χ1v) is 8.22. The molecule has 2 aliphatic heterocycles. The fraction of sp³-hybridized carbons (Fsp3) is 0.688. The van der Waals surface area contributed by atoms with Gasteiger partial charge in [-0.25, -0.2) is 9.97 Å². The third-order valence-electron chi connectivity index (χ3n) is 4.27. The lowest BCUT2D eigenvalue weighted by Crippen LogP contribution is -2.26. The Balaban J connectivity index is 1.94. The van der Waals surface area contributed by atoms with Crippen molar-refractivity contribution in [1.82, 2.24) is 9.97 Å². The fourth-order valence-electron chi connectivity index (χ4n) is 3.06. The first-order chi connectivity index (χ1) is 10.3. The van der Waals surface area contributed by atoms with Crippen molar-refractivity contribution in [1.29, 1.82) is 0 Å². The second kappa shape index (κ2) is 6.41. The second-order valence-electron chi connectivity index (χ2n) is 5.94. The highest BCUT2D eigenvalue weighted by molar-refractivity contribution is 5.93. The van der Waals surface area contributed by atoms with E-state index in [0.717, 1.165) is 62.5 Å². The summed E-state index contributed by atoms with van der Waals surface area (Å²) in [4.78, 5) is 23.8. The number of unbranched alkanes of at least 4 members (excludes halogenated alkanes) is 1. The van der Waals surface area contributed by atoms with Crippen molar-refractivity contribution in [2.75, 3.05) is 29.9 Å². The molecule has 0 spiro atoms. The van der Waals surface area contributed by atoms with Crippen molar-refractivity contribution in [3.05, 3.63) is 11.5 Å². The van der Waals surface area contributed by atoms with Crippen molar-refractivity contribution in [2.45, 2.75) is 51.9 Å². The van der Waals surface area contributed by atoms with E-state index in [4.69, 9.17) is 0 Å². The summed E-state index contributed by atoms with van der Waals surface area (Å²) >= 11 is 0. The van der Waals surface area contributed by atoms with Gasteiger partial charge in [0.15, 0.2) is 17.4 Å². The van der Waals surface area contributed by atoms with Gasteiger partial charge in [0.25, 0.3) is 0 Å². The molecule has 0 amide bonds. The summed E-state index contributed by atoms with van der Waals surface area (Å²) in [7, 11) is 0. The number of hydrogen-bond acceptors (Lipinski definition) is 5. The molecule has 0 saturated carbocycles. The summed E-state index contributed by atoms with van der Waals surface area (Å²) in [5.74, 6) is 1.47. The van der Waals surface area contributed by atoms with Crippen LogP contribution in [0.1, 0.15) is 61.8 Å². The molecule has 21 heavy (non-hydrogen) atoms. The van der Waals surface area contributed by atoms with Gasteiger partial charge >= 0.3 is 0 Å². The molecule has 5 heteroatoms. The zero-order chi connectivity index (χ0) is 14.7. The number of hydrogen-bond donors (Lipinski definition) is 1. The number of Topliss-reactive ketones (excluding diaryl/α,β-unsaturated/α-hetero) is 1. The number of aryl methyl sites for hydroxylation is 1. The summed E-state index contributed by atoms with van der Waals surface area (Å²) in [5.41, 5.74) is 2.09. The Morgan fingerprint density at radius 1 is 1.24 bits per heavy atom. The van der Waals surface area contributed by atoms with Gasteiger partial charge in [-0.1, -0.05) is 13.3 Å². The summed E-state index contributed by atoms with van der Waals surface area (Å²) < 4.78 is 0. The molecule has 0 radical (unpaired) electrons. The van der Waals surface area contributed by atoms with Gasteiger partial charge in [0.05, 0.1) is 11.4 Å². The van der Waals surface area contributed by atoms with Gasteiger partial charge in [0.1, 0.15) is 0 Å². The summed E-state index contributed by atoms with van der Waals surface area (Å²) in [6.45, 7) is 5.14. The second-order valence-corrected chi connectivity index (χ2v) is 5.94. The fourth-order valence-corrected chi connectivity index (χ4v) is 3.06. The molecule has 1 aromatic heterocycles. The van der Waals surface area contributed by atoms with E-state index in [1.165, 1.54) is 12.8 Å². The average molecular weight is 288 g/mol. The minimum absolute atomic E-state index is 0.0886. The molecular weight excluding hydrogens is 264 g/mol. The summed E-state index contributed by atoms with van der Waals surface area (Å²) in [5, 5.41) is 3.44. The van der Waals surface area contributed by atoms with Gasteiger partial charge < -0.3 is 10.2 Å². The van der Waals surface area contributed by atoms with Gasteiger partial charge in [-0.3, -0.25) is 4.79 Å². The van der Waals surface area contributed by atoms with Crippen molar-refractivity contribution >= 4 is 17.3 Å². The quantitative estimate of drug-likeness (QED) is 0.844. The third kappa shape index (κ3) is 3.01. The van der Waals surface area contributed by atoms with E-state index in [9.17, 15) is 4.79 Å². The maximum Gasteiger partial charge on any atom is 0.200 e. The van der Waals surface area contributed by atoms with E-state index in [1.807, 2.05) is 0 Å². The van der Waals surface area contributed by atoms with E-state index in [2.05, 4.69) is 27.1 Å². The number of carbonyl (C=O) groups is 1. The Hall–Kier alpha value is -1.65. The van der Waals surface area contributed by atoms with E-state index >= 15 is 0 Å². The molecule has 3 rings (SSSR count). The monoisotopic (exact) mass is 288 g/mol. The Bertz CT molecular complexity index is 523. The van der Waals surface area contributed by atoms with Gasteiger partial charge in [-0.2, -0.15) is 0 Å². The van der Waals surface area contributed by atoms with Crippen LogP contribution in [-0.2, 0) is 6.42 Å². The van der Waals surface area contributed by atoms with E-state index in [0.29, 0.717) is 12.2 Å². The van der Waals surface area contributed by atoms with Crippen LogP contribution in [0, 0.1) is 0 Å². The molecule has 0 atom stereocenters. The molecule has 0 unspecified atom stereocenters. The van der Waals surface area contributed by atoms with Gasteiger partial charge in [-0.05, 0) is 32.1 Å². The van der Waals surface area contributed by atoms with Crippen molar-refractivity contribution in [2.24, 2.45) is 0 Å². The Morgan fingerprint density at radius 2 is 2.05 bits per heavy atom. The highest BCUT2D eigenvalue weighted by Gasteiger charge is 2.25. The van der Waals surface area contributed by atoms with Gasteiger partial charge in [0, 0.05) is 26.1 Å². The Morgan fingerprint density at radius 3 is 2.81 bits per heavy atom. The van der Waals surface area contributed by atoms with Crippen molar-refractivity contribution < 1.29 is 4.79 Å². The lowest BCUT2D eigenvalue weighted by Gasteiger charge is -2.25. The molecule has 1 aromatic rings. The average Bonchev–Trinajstić information content (AvgIpc) is 3.05. The van der Waals surface area contributed by atoms with Gasteiger partial charge in [0.2, 0.25) is 0 Å². The maximum absolute atomic E-state index is 12.3. The Labute approximate surface area is 126 Å². The van der Waals surface area contributed by atoms with Crippen LogP contribution in [0.4, 0.5) is 11.5 Å². The number of ketones is 1. The summed E-state index contributed by atoms with van der Waals surface area (Å²) in [6.07, 6.45) is 6.93. The number of aromatic nitrogens is 2. The molecule has 2 aliphatic rings. The number of anilines is 2. The molecular formula is C16H24N4O. The predicted octanol–water partition coefficient (Wildman–Crippen LogP) is 2.81. The SMILES string of the molecule is CCCCC(=O)c1nc2c(c(N3CCCC3)n1)NCCC2. The minimum atomic E-state index is 0.0886. The Kier molecular flexibility index (Phi) is 4.36. The molecule has 1 fully saturated rings. The first-order valence-electron chi connectivity index (χ1n) is 8.22. The number of fused-ring (bicyclic) bond motifs is 1. The number of carbonyl (C=O) groups excluding carboxylic acids is 1. The van der Waals surface area contributed by atoms with Crippen molar-refractivity contribution in [3.63, 3.8) is 0 Å². The molecule has 0 aromatic carbocycles. The molecule has 5 nitrogen and oxygen atoms in total. The largest absolute Gasteiger partial charge is 0.381 e. The standard InChI is InChI=1S/C16H24N4O/c1-2-3-8-13(21)15-18-12-7-6-9-17-14(12)16(19-15)20-10-4-5-11-20/h17H,2-11H2,1H3. The van der Waals surface area contributed by atoms with Crippen LogP contribution in [-0.4, -0.2) is 35.4 Å². The van der Waals surface area contributed by atoms with E-state index < -0.39 is 0 Å². The smallest absolute Gasteiger partial charge is 0.200 e. The van der Waals surface area contributed by atoms with Crippen LogP contribution < -0.4 is 10.2 Å². The third-order valence-corrected chi connectivity index (χ3v) is 4.27. The molecule has 1 N–H and O–H groups in total. The van der Waals surface area contributed by atoms with Crippen molar-refractivity contribution in [3.8, 4) is 0 Å². The number of rotatable bonds is 5. The lowest BCUT2D eigenvalue weighted by atomic mass is 10.1. The highest BCUT2D eigenvalue weighted by atomic mass is 16.1. The molecule has 0 aliphatic carbocycles. The minimum Gasteiger partial charge on any atom is -0.381 e. The molecule has 0 bridgehead atoms. The highest BCUT2D eigenvalue weighted by Crippen LogP contribution is 2.32.